The molecule has 230 valence electrons. The Bertz CT molecular complexity index is 1940. The highest BCUT2D eigenvalue weighted by atomic mass is 19.1. The number of H-pyrrole nitrogens is 1. The van der Waals surface area contributed by atoms with Crippen LogP contribution < -0.4 is 15.0 Å². The number of imidazole rings is 2. The quantitative estimate of drug-likeness (QED) is 0.235. The van der Waals surface area contributed by atoms with Crippen molar-refractivity contribution in [2.75, 3.05) is 20.8 Å². The fraction of sp³-hybridized carbons (Fsp3) is 0.242. The van der Waals surface area contributed by atoms with Gasteiger partial charge in [0, 0.05) is 12.4 Å². The van der Waals surface area contributed by atoms with E-state index in [1.54, 1.807) is 14.2 Å². The predicted molar refractivity (Wildman–Crippen MR) is 162 cm³/mol. The number of nitrogens with one attached hydrogen (secondary N) is 1. The molecule has 0 bridgehead atoms. The van der Waals surface area contributed by atoms with E-state index in [0.717, 1.165) is 16.7 Å². The molecule has 1 fully saturated rings. The Balaban J connectivity index is 1.27. The Morgan fingerprint density at radius 3 is 2.18 bits per heavy atom. The van der Waals surface area contributed by atoms with Gasteiger partial charge in [-0.2, -0.15) is 0 Å². The van der Waals surface area contributed by atoms with Crippen LogP contribution in [0.5, 0.6) is 11.5 Å². The van der Waals surface area contributed by atoms with Crippen molar-refractivity contribution in [3.8, 4) is 11.5 Å². The topological polar surface area (TPSA) is 125 Å². The van der Waals surface area contributed by atoms with Crippen LogP contribution in [-0.2, 0) is 15.1 Å². The summed E-state index contributed by atoms with van der Waals surface area (Å²) < 4.78 is 42.3. The number of aliphatic hydroxyl groups is 1. The predicted octanol–water partition coefficient (Wildman–Crippen LogP) is 3.99. The number of nitrogens with zero attached hydrogens (tertiary/aromatic N) is 4. The average molecular weight is 612 g/mol. The zero-order valence-corrected chi connectivity index (χ0v) is 24.4. The van der Waals surface area contributed by atoms with Crippen molar-refractivity contribution < 1.29 is 28.4 Å². The van der Waals surface area contributed by atoms with E-state index in [2.05, 4.69) is 15.0 Å². The SMILES string of the molecule is COc1ccc(C(OC[C@H]2O[C@@H](n3cnc4c(=O)n5ccnc5[nH]c43)[C@@H](F)[C@@H]2O)(c2ccccc2)c2ccc(OC)cc2)cc1. The van der Waals surface area contributed by atoms with E-state index in [9.17, 15) is 9.90 Å². The second-order valence-corrected chi connectivity index (χ2v) is 10.7. The van der Waals surface area contributed by atoms with E-state index < -0.39 is 35.8 Å². The van der Waals surface area contributed by atoms with Crippen LogP contribution in [-0.4, -0.2) is 68.2 Å². The Hall–Kier alpha value is -5.04. The lowest BCUT2D eigenvalue weighted by atomic mass is 9.80. The molecule has 1 aliphatic rings. The molecule has 2 N–H and O–H groups in total. The van der Waals surface area contributed by atoms with Crippen LogP contribution in [0, 0.1) is 0 Å². The molecular weight excluding hydrogens is 581 g/mol. The summed E-state index contributed by atoms with van der Waals surface area (Å²) >= 11 is 0. The summed E-state index contributed by atoms with van der Waals surface area (Å²) in [6.45, 7) is -0.182. The summed E-state index contributed by atoms with van der Waals surface area (Å²) in [5, 5.41) is 11.1. The van der Waals surface area contributed by atoms with E-state index in [-0.39, 0.29) is 23.5 Å². The Morgan fingerprint density at radius 1 is 0.933 bits per heavy atom. The molecule has 0 spiro atoms. The van der Waals surface area contributed by atoms with E-state index in [4.69, 9.17) is 18.9 Å². The van der Waals surface area contributed by atoms with Crippen molar-refractivity contribution in [3.63, 3.8) is 0 Å². The maximum Gasteiger partial charge on any atom is 0.287 e. The smallest absolute Gasteiger partial charge is 0.287 e. The first-order valence-corrected chi connectivity index (χ1v) is 14.3. The third kappa shape index (κ3) is 4.74. The third-order valence-corrected chi connectivity index (χ3v) is 8.29. The lowest BCUT2D eigenvalue weighted by Crippen LogP contribution is -2.39. The summed E-state index contributed by atoms with van der Waals surface area (Å²) in [6, 6.07) is 24.7. The number of alkyl halides is 1. The van der Waals surface area contributed by atoms with Gasteiger partial charge in [-0.15, -0.1) is 0 Å². The van der Waals surface area contributed by atoms with E-state index in [1.165, 1.54) is 27.7 Å². The molecule has 0 amide bonds. The highest BCUT2D eigenvalue weighted by Gasteiger charge is 2.48. The Morgan fingerprint density at radius 2 is 1.56 bits per heavy atom. The Kier molecular flexibility index (Phi) is 7.32. The van der Waals surface area contributed by atoms with Gasteiger partial charge in [-0.1, -0.05) is 54.6 Å². The molecule has 0 unspecified atom stereocenters. The Labute approximate surface area is 256 Å². The lowest BCUT2D eigenvalue weighted by Gasteiger charge is -2.37. The highest BCUT2D eigenvalue weighted by Crippen LogP contribution is 2.43. The zero-order chi connectivity index (χ0) is 31.1. The van der Waals surface area contributed by atoms with Gasteiger partial charge in [-0.3, -0.25) is 9.36 Å². The van der Waals surface area contributed by atoms with Crippen molar-refractivity contribution in [2.24, 2.45) is 0 Å². The van der Waals surface area contributed by atoms with Crippen LogP contribution in [0.2, 0.25) is 0 Å². The van der Waals surface area contributed by atoms with Gasteiger partial charge in [-0.05, 0) is 41.0 Å². The molecule has 1 aliphatic heterocycles. The van der Waals surface area contributed by atoms with Gasteiger partial charge in [0.1, 0.15) is 35.0 Å². The largest absolute Gasteiger partial charge is 0.497 e. The first-order chi connectivity index (χ1) is 21.9. The first kappa shape index (κ1) is 28.7. The monoisotopic (exact) mass is 611 g/mol. The van der Waals surface area contributed by atoms with Gasteiger partial charge in [-0.25, -0.2) is 18.8 Å². The van der Waals surface area contributed by atoms with E-state index in [0.29, 0.717) is 11.5 Å². The molecule has 3 aromatic heterocycles. The molecule has 11 nitrogen and oxygen atoms in total. The minimum atomic E-state index is -1.84. The van der Waals surface area contributed by atoms with Crippen LogP contribution >= 0.6 is 0 Å². The molecule has 6 aromatic rings. The van der Waals surface area contributed by atoms with Gasteiger partial charge in [0.2, 0.25) is 5.78 Å². The number of rotatable bonds is 9. The van der Waals surface area contributed by atoms with Gasteiger partial charge in [0.05, 0.1) is 27.2 Å². The number of fused-ring (bicyclic) bond motifs is 2. The first-order valence-electron chi connectivity index (χ1n) is 14.3. The number of ether oxygens (including phenoxy) is 4. The number of methoxy groups -OCH3 is 2. The minimum Gasteiger partial charge on any atom is -0.497 e. The second kappa shape index (κ2) is 11.5. The zero-order valence-electron chi connectivity index (χ0n) is 24.4. The van der Waals surface area contributed by atoms with Crippen molar-refractivity contribution >= 4 is 16.9 Å². The van der Waals surface area contributed by atoms with Crippen molar-refractivity contribution in [1.29, 1.82) is 0 Å². The summed E-state index contributed by atoms with van der Waals surface area (Å²) in [5.41, 5.74) is 1.09. The van der Waals surface area contributed by atoms with Gasteiger partial charge >= 0.3 is 0 Å². The fourth-order valence-electron chi connectivity index (χ4n) is 5.96. The van der Waals surface area contributed by atoms with Crippen LogP contribution in [0.3, 0.4) is 0 Å². The van der Waals surface area contributed by atoms with Gasteiger partial charge in [0.25, 0.3) is 5.56 Å². The number of benzene rings is 3. The van der Waals surface area contributed by atoms with Crippen LogP contribution in [0.1, 0.15) is 22.9 Å². The second-order valence-electron chi connectivity index (χ2n) is 10.7. The number of aromatic nitrogens is 5. The molecular formula is C33H30FN5O6. The molecule has 45 heavy (non-hydrogen) atoms. The van der Waals surface area contributed by atoms with Crippen molar-refractivity contribution in [3.05, 3.63) is 125 Å². The molecule has 4 heterocycles. The lowest BCUT2D eigenvalue weighted by molar-refractivity contribution is -0.0935. The summed E-state index contributed by atoms with van der Waals surface area (Å²) in [7, 11) is 3.19. The fourth-order valence-corrected chi connectivity index (χ4v) is 5.96. The van der Waals surface area contributed by atoms with Gasteiger partial charge in [0.15, 0.2) is 17.9 Å². The maximum atomic E-state index is 15.8. The minimum absolute atomic E-state index is 0.0904. The number of hydrogen-bond donors (Lipinski definition) is 2. The number of hydrogen-bond acceptors (Lipinski definition) is 8. The van der Waals surface area contributed by atoms with Crippen molar-refractivity contribution in [2.45, 2.75) is 30.2 Å². The molecule has 1 saturated heterocycles. The number of aliphatic hydroxyl groups excluding tert-OH is 1. The highest BCUT2D eigenvalue weighted by molar-refractivity contribution is 5.71. The summed E-state index contributed by atoms with van der Waals surface area (Å²) in [4.78, 5) is 24.2. The maximum absolute atomic E-state index is 15.8. The van der Waals surface area contributed by atoms with E-state index in [1.807, 2.05) is 78.9 Å². The average Bonchev–Trinajstić information content (AvgIpc) is 3.81. The van der Waals surface area contributed by atoms with Crippen molar-refractivity contribution in [1.82, 2.24) is 23.9 Å². The molecule has 4 atom stereocenters. The molecule has 0 saturated carbocycles. The summed E-state index contributed by atoms with van der Waals surface area (Å²) in [6.07, 6.45) is -1.42. The molecule has 7 rings (SSSR count). The van der Waals surface area contributed by atoms with Crippen LogP contribution in [0.15, 0.2) is 102 Å². The van der Waals surface area contributed by atoms with Gasteiger partial charge < -0.3 is 29.0 Å². The van der Waals surface area contributed by atoms with Crippen LogP contribution in [0.4, 0.5) is 4.39 Å². The molecule has 0 radical (unpaired) electrons. The third-order valence-electron chi connectivity index (χ3n) is 8.29. The number of halogens is 1. The standard InChI is InChI=1S/C33H30FN5O6/c1-42-23-12-8-21(9-13-23)33(20-6-4-3-5-7-20,22-10-14-24(43-2)15-11-22)44-18-25-28(40)26(34)31(45-25)39-19-36-27-29(39)37-32-35-16-17-38(32)30(27)41/h3-17,19,25-26,28,31,40H,18H2,1-2H3,(H,35,37)/t25-,26+,28-,31-/m1/s1. The number of aromatic amines is 1. The normalized spacial score (nSPS) is 20.2. The van der Waals surface area contributed by atoms with Crippen LogP contribution in [0.25, 0.3) is 16.9 Å². The molecule has 3 aromatic carbocycles. The molecule has 0 aliphatic carbocycles. The summed E-state index contributed by atoms with van der Waals surface area (Å²) in [5.74, 6) is 1.62. The molecule has 12 heteroatoms. The van der Waals surface area contributed by atoms with E-state index >= 15 is 4.39 Å².